The van der Waals surface area contributed by atoms with Gasteiger partial charge in [0.2, 0.25) is 0 Å². The highest BCUT2D eigenvalue weighted by Gasteiger charge is 2.21. The Labute approximate surface area is 92.2 Å². The summed E-state index contributed by atoms with van der Waals surface area (Å²) in [5.41, 5.74) is 0. The van der Waals surface area contributed by atoms with Crippen molar-refractivity contribution in [2.24, 2.45) is 5.92 Å². The van der Waals surface area contributed by atoms with Crippen molar-refractivity contribution >= 4 is 11.8 Å². The summed E-state index contributed by atoms with van der Waals surface area (Å²) in [6.45, 7) is 5.37. The molecule has 0 spiro atoms. The van der Waals surface area contributed by atoms with E-state index in [9.17, 15) is 0 Å². The molecule has 2 nitrogen and oxygen atoms in total. The maximum Gasteiger partial charge on any atom is 0.0509 e. The van der Waals surface area contributed by atoms with Crippen molar-refractivity contribution in [3.8, 4) is 0 Å². The van der Waals surface area contributed by atoms with Crippen molar-refractivity contribution in [3.05, 3.63) is 0 Å². The first-order valence-electron chi connectivity index (χ1n) is 5.64. The van der Waals surface area contributed by atoms with Gasteiger partial charge in [-0.05, 0) is 50.7 Å². The highest BCUT2D eigenvalue weighted by Crippen LogP contribution is 2.16. The third kappa shape index (κ3) is 4.67. The van der Waals surface area contributed by atoms with Crippen LogP contribution in [0.5, 0.6) is 0 Å². The maximum absolute atomic E-state index is 5.38. The van der Waals surface area contributed by atoms with Crippen LogP contribution in [0.2, 0.25) is 0 Å². The predicted octanol–water partition coefficient (Wildman–Crippen LogP) is 2.14. The van der Waals surface area contributed by atoms with Crippen LogP contribution in [0.3, 0.4) is 0 Å². The summed E-state index contributed by atoms with van der Waals surface area (Å²) >= 11 is 1.94. The van der Waals surface area contributed by atoms with Gasteiger partial charge < -0.3 is 10.1 Å². The van der Waals surface area contributed by atoms with Gasteiger partial charge >= 0.3 is 0 Å². The van der Waals surface area contributed by atoms with E-state index >= 15 is 0 Å². The van der Waals surface area contributed by atoms with Gasteiger partial charge in [-0.2, -0.15) is 11.8 Å². The van der Waals surface area contributed by atoms with Gasteiger partial charge in [0, 0.05) is 12.6 Å². The largest absolute Gasteiger partial charge is 0.381 e. The number of rotatable bonds is 7. The average Bonchev–Trinajstić information content (AvgIpc) is 2.70. The van der Waals surface area contributed by atoms with Crippen LogP contribution in [0, 0.1) is 5.92 Å². The number of nitrogens with one attached hydrogen (secondary N) is 1. The number of ether oxygens (including phenoxy) is 1. The molecular weight excluding hydrogens is 194 g/mol. The van der Waals surface area contributed by atoms with E-state index in [0.717, 1.165) is 25.7 Å². The molecule has 0 aliphatic carbocycles. The predicted molar refractivity (Wildman–Crippen MR) is 64.0 cm³/mol. The van der Waals surface area contributed by atoms with Crippen LogP contribution in [0.15, 0.2) is 0 Å². The number of unbranched alkanes of at least 4 members (excludes halogenated alkanes) is 1. The molecule has 0 aromatic carbocycles. The van der Waals surface area contributed by atoms with Crippen LogP contribution in [-0.4, -0.2) is 37.8 Å². The fourth-order valence-corrected chi connectivity index (χ4v) is 2.31. The van der Waals surface area contributed by atoms with Crippen LogP contribution < -0.4 is 5.32 Å². The first-order valence-corrected chi connectivity index (χ1v) is 7.04. The molecule has 3 heteroatoms. The van der Waals surface area contributed by atoms with Crippen molar-refractivity contribution in [3.63, 3.8) is 0 Å². The highest BCUT2D eigenvalue weighted by atomic mass is 32.2. The summed E-state index contributed by atoms with van der Waals surface area (Å²) in [6, 6.07) is 0.631. The molecule has 1 heterocycles. The van der Waals surface area contributed by atoms with Crippen LogP contribution in [-0.2, 0) is 4.74 Å². The average molecular weight is 217 g/mol. The molecule has 0 aromatic rings. The van der Waals surface area contributed by atoms with Gasteiger partial charge in [-0.1, -0.05) is 0 Å². The van der Waals surface area contributed by atoms with E-state index in [1.54, 1.807) is 0 Å². The van der Waals surface area contributed by atoms with Crippen molar-refractivity contribution in [2.75, 3.05) is 31.8 Å². The fraction of sp³-hybridized carbons (Fsp3) is 1.00. The van der Waals surface area contributed by atoms with Crippen molar-refractivity contribution in [1.82, 2.24) is 5.32 Å². The van der Waals surface area contributed by atoms with Crippen LogP contribution in [0.1, 0.15) is 26.2 Å². The zero-order valence-corrected chi connectivity index (χ0v) is 10.2. The normalized spacial score (nSPS) is 24.0. The quantitative estimate of drug-likeness (QED) is 0.660. The zero-order chi connectivity index (χ0) is 10.2. The molecule has 1 rings (SSSR count). The number of hydrogen-bond donors (Lipinski definition) is 1. The van der Waals surface area contributed by atoms with Crippen LogP contribution in [0.25, 0.3) is 0 Å². The molecule has 0 saturated carbocycles. The Morgan fingerprint density at radius 3 is 3.00 bits per heavy atom. The van der Waals surface area contributed by atoms with E-state index in [1.165, 1.54) is 25.0 Å². The minimum absolute atomic E-state index is 0.631. The molecule has 1 fully saturated rings. The number of thioether (sulfide) groups is 1. The number of hydrogen-bond acceptors (Lipinski definition) is 3. The molecule has 14 heavy (non-hydrogen) atoms. The van der Waals surface area contributed by atoms with Gasteiger partial charge in [0.15, 0.2) is 0 Å². The second kappa shape index (κ2) is 7.55. The second-order valence-electron chi connectivity index (χ2n) is 4.07. The first-order chi connectivity index (χ1) is 6.84. The Balaban J connectivity index is 1.94. The lowest BCUT2D eigenvalue weighted by atomic mass is 10.0. The summed E-state index contributed by atoms with van der Waals surface area (Å²) in [4.78, 5) is 0. The minimum Gasteiger partial charge on any atom is -0.381 e. The standard InChI is InChI=1S/C11H23NOS/c1-10(11-5-7-13-9-11)12-6-3-4-8-14-2/h10-12H,3-9H2,1-2H3. The monoisotopic (exact) mass is 217 g/mol. The first kappa shape index (κ1) is 12.3. The van der Waals surface area contributed by atoms with E-state index in [1.807, 2.05) is 11.8 Å². The Morgan fingerprint density at radius 1 is 1.50 bits per heavy atom. The molecule has 0 amide bonds. The van der Waals surface area contributed by atoms with Crippen LogP contribution in [0.4, 0.5) is 0 Å². The van der Waals surface area contributed by atoms with Gasteiger partial charge in [-0.15, -0.1) is 0 Å². The fourth-order valence-electron chi connectivity index (χ4n) is 1.81. The summed E-state index contributed by atoms with van der Waals surface area (Å²) in [6.07, 6.45) is 6.05. The molecule has 84 valence electrons. The summed E-state index contributed by atoms with van der Waals surface area (Å²) in [5, 5.41) is 3.59. The zero-order valence-electron chi connectivity index (χ0n) is 9.42. The van der Waals surface area contributed by atoms with E-state index in [2.05, 4.69) is 18.5 Å². The van der Waals surface area contributed by atoms with Gasteiger partial charge in [0.1, 0.15) is 0 Å². The van der Waals surface area contributed by atoms with Crippen molar-refractivity contribution in [2.45, 2.75) is 32.2 Å². The van der Waals surface area contributed by atoms with Crippen molar-refractivity contribution < 1.29 is 4.74 Å². The lowest BCUT2D eigenvalue weighted by molar-refractivity contribution is 0.178. The van der Waals surface area contributed by atoms with Crippen LogP contribution >= 0.6 is 11.8 Å². The molecule has 1 N–H and O–H groups in total. The van der Waals surface area contributed by atoms with Gasteiger partial charge in [-0.25, -0.2) is 0 Å². The van der Waals surface area contributed by atoms with E-state index in [0.29, 0.717) is 6.04 Å². The highest BCUT2D eigenvalue weighted by molar-refractivity contribution is 7.98. The topological polar surface area (TPSA) is 21.3 Å². The Hall–Kier alpha value is 0.270. The Morgan fingerprint density at radius 2 is 2.36 bits per heavy atom. The van der Waals surface area contributed by atoms with E-state index < -0.39 is 0 Å². The molecule has 0 bridgehead atoms. The third-order valence-electron chi connectivity index (χ3n) is 2.91. The molecule has 2 unspecified atom stereocenters. The molecule has 0 radical (unpaired) electrons. The molecular formula is C11H23NOS. The van der Waals surface area contributed by atoms with Gasteiger partial charge in [0.05, 0.1) is 6.61 Å². The SMILES string of the molecule is CSCCCCNC(C)C1CCOC1. The summed E-state index contributed by atoms with van der Waals surface area (Å²) in [5.74, 6) is 2.04. The summed E-state index contributed by atoms with van der Waals surface area (Å²) in [7, 11) is 0. The third-order valence-corrected chi connectivity index (χ3v) is 3.61. The summed E-state index contributed by atoms with van der Waals surface area (Å²) < 4.78 is 5.38. The smallest absolute Gasteiger partial charge is 0.0509 e. The minimum atomic E-state index is 0.631. The molecule has 1 aliphatic rings. The molecule has 1 saturated heterocycles. The lowest BCUT2D eigenvalue weighted by Crippen LogP contribution is -2.34. The lowest BCUT2D eigenvalue weighted by Gasteiger charge is -2.19. The molecule has 1 aliphatic heterocycles. The van der Waals surface area contributed by atoms with E-state index in [-0.39, 0.29) is 0 Å². The Bertz CT molecular complexity index is 137. The Kier molecular flexibility index (Phi) is 6.65. The molecule has 2 atom stereocenters. The van der Waals surface area contributed by atoms with E-state index in [4.69, 9.17) is 4.74 Å². The second-order valence-corrected chi connectivity index (χ2v) is 5.05. The van der Waals surface area contributed by atoms with Gasteiger partial charge in [-0.3, -0.25) is 0 Å². The molecule has 0 aromatic heterocycles. The maximum atomic E-state index is 5.38. The van der Waals surface area contributed by atoms with Gasteiger partial charge in [0.25, 0.3) is 0 Å². The van der Waals surface area contributed by atoms with Crippen molar-refractivity contribution in [1.29, 1.82) is 0 Å².